The topological polar surface area (TPSA) is 58.3 Å². The summed E-state index contributed by atoms with van der Waals surface area (Å²) in [5.74, 6) is 0.426. The molecular formula is C15H11BrN2O2. The summed E-state index contributed by atoms with van der Waals surface area (Å²) in [6.45, 7) is 0. The first-order chi connectivity index (χ1) is 9.63. The van der Waals surface area contributed by atoms with Crippen molar-refractivity contribution in [2.24, 2.45) is 0 Å². The van der Waals surface area contributed by atoms with E-state index in [1.54, 1.807) is 35.0 Å². The van der Waals surface area contributed by atoms with Gasteiger partial charge in [-0.2, -0.15) is 5.10 Å². The second-order valence-corrected chi connectivity index (χ2v) is 5.18. The largest absolute Gasteiger partial charge is 0.508 e. The van der Waals surface area contributed by atoms with Gasteiger partial charge in [0.1, 0.15) is 11.5 Å². The van der Waals surface area contributed by atoms with Gasteiger partial charge in [0.05, 0.1) is 15.9 Å². The second-order valence-electron chi connectivity index (χ2n) is 4.33. The SMILES string of the molecule is Oc1ccc(-n2ccc(-c3ccc(O)c(Br)c3)n2)cc1. The van der Waals surface area contributed by atoms with Gasteiger partial charge < -0.3 is 10.2 Å². The smallest absolute Gasteiger partial charge is 0.129 e. The van der Waals surface area contributed by atoms with Crippen LogP contribution in [0.25, 0.3) is 16.9 Å². The molecule has 0 amide bonds. The molecule has 5 heteroatoms. The number of aromatic nitrogens is 2. The van der Waals surface area contributed by atoms with Gasteiger partial charge in [-0.15, -0.1) is 0 Å². The van der Waals surface area contributed by atoms with Crippen LogP contribution < -0.4 is 0 Å². The maximum Gasteiger partial charge on any atom is 0.129 e. The molecule has 2 aromatic carbocycles. The lowest BCUT2D eigenvalue weighted by molar-refractivity contribution is 0.472. The fourth-order valence-electron chi connectivity index (χ4n) is 1.89. The van der Waals surface area contributed by atoms with Crippen molar-refractivity contribution >= 4 is 15.9 Å². The van der Waals surface area contributed by atoms with Crippen LogP contribution in [-0.2, 0) is 0 Å². The van der Waals surface area contributed by atoms with Crippen molar-refractivity contribution in [2.75, 3.05) is 0 Å². The van der Waals surface area contributed by atoms with Gasteiger partial charge in [-0.05, 0) is 64.5 Å². The van der Waals surface area contributed by atoms with Crippen LogP contribution >= 0.6 is 15.9 Å². The van der Waals surface area contributed by atoms with Gasteiger partial charge in [-0.1, -0.05) is 0 Å². The van der Waals surface area contributed by atoms with E-state index in [-0.39, 0.29) is 11.5 Å². The molecule has 0 fully saturated rings. The summed E-state index contributed by atoms with van der Waals surface area (Å²) in [5.41, 5.74) is 2.58. The van der Waals surface area contributed by atoms with Gasteiger partial charge in [-0.25, -0.2) is 4.68 Å². The van der Waals surface area contributed by atoms with Gasteiger partial charge in [-0.3, -0.25) is 0 Å². The molecule has 2 N–H and O–H groups in total. The summed E-state index contributed by atoms with van der Waals surface area (Å²) in [6, 6.07) is 14.0. The van der Waals surface area contributed by atoms with Crippen molar-refractivity contribution in [3.63, 3.8) is 0 Å². The first-order valence-electron chi connectivity index (χ1n) is 5.97. The third kappa shape index (κ3) is 2.40. The first-order valence-corrected chi connectivity index (χ1v) is 6.77. The lowest BCUT2D eigenvalue weighted by Gasteiger charge is -2.02. The fourth-order valence-corrected chi connectivity index (χ4v) is 2.27. The van der Waals surface area contributed by atoms with Crippen LogP contribution in [0.1, 0.15) is 0 Å². The predicted molar refractivity (Wildman–Crippen MR) is 80.0 cm³/mol. The standard InChI is InChI=1S/C15H11BrN2O2/c16-13-9-10(1-6-15(13)20)14-7-8-18(17-14)11-2-4-12(19)5-3-11/h1-9,19-20H. The van der Waals surface area contributed by atoms with E-state index < -0.39 is 0 Å². The van der Waals surface area contributed by atoms with Crippen LogP contribution in [0.15, 0.2) is 59.2 Å². The zero-order valence-electron chi connectivity index (χ0n) is 10.4. The second kappa shape index (κ2) is 5.02. The van der Waals surface area contributed by atoms with Crippen molar-refractivity contribution < 1.29 is 10.2 Å². The third-order valence-electron chi connectivity index (χ3n) is 2.95. The number of rotatable bonds is 2. The highest BCUT2D eigenvalue weighted by molar-refractivity contribution is 9.10. The molecule has 100 valence electrons. The summed E-state index contributed by atoms with van der Waals surface area (Å²) in [5, 5.41) is 23.3. The highest BCUT2D eigenvalue weighted by Crippen LogP contribution is 2.29. The number of halogens is 1. The van der Waals surface area contributed by atoms with E-state index in [1.807, 2.05) is 24.4 Å². The Hall–Kier alpha value is -2.27. The van der Waals surface area contributed by atoms with E-state index in [1.165, 1.54) is 0 Å². The molecular weight excluding hydrogens is 320 g/mol. The summed E-state index contributed by atoms with van der Waals surface area (Å²) < 4.78 is 2.37. The number of hydrogen-bond acceptors (Lipinski definition) is 3. The summed E-state index contributed by atoms with van der Waals surface area (Å²) in [6.07, 6.45) is 1.85. The molecule has 3 rings (SSSR count). The van der Waals surface area contributed by atoms with E-state index in [0.29, 0.717) is 4.47 Å². The Labute approximate surface area is 124 Å². The molecule has 0 aliphatic heterocycles. The molecule has 0 bridgehead atoms. The molecule has 20 heavy (non-hydrogen) atoms. The summed E-state index contributed by atoms with van der Waals surface area (Å²) in [7, 11) is 0. The monoisotopic (exact) mass is 330 g/mol. The van der Waals surface area contributed by atoms with E-state index >= 15 is 0 Å². The minimum absolute atomic E-state index is 0.201. The molecule has 3 aromatic rings. The van der Waals surface area contributed by atoms with E-state index in [2.05, 4.69) is 21.0 Å². The molecule has 0 radical (unpaired) electrons. The van der Waals surface area contributed by atoms with Crippen molar-refractivity contribution in [3.8, 4) is 28.4 Å². The van der Waals surface area contributed by atoms with Crippen LogP contribution in [0.4, 0.5) is 0 Å². The molecule has 0 saturated carbocycles. The number of phenols is 2. The molecule has 4 nitrogen and oxygen atoms in total. The van der Waals surface area contributed by atoms with Crippen LogP contribution in [0.5, 0.6) is 11.5 Å². The van der Waals surface area contributed by atoms with Crippen LogP contribution in [0.2, 0.25) is 0 Å². The Bertz CT molecular complexity index is 751. The lowest BCUT2D eigenvalue weighted by Crippen LogP contribution is -1.94. The summed E-state index contributed by atoms with van der Waals surface area (Å²) >= 11 is 3.29. The predicted octanol–water partition coefficient (Wildman–Crippen LogP) is 3.71. The molecule has 0 aliphatic rings. The number of nitrogens with zero attached hydrogens (tertiary/aromatic N) is 2. The van der Waals surface area contributed by atoms with Crippen molar-refractivity contribution in [2.45, 2.75) is 0 Å². The number of phenolic OH excluding ortho intramolecular Hbond substituents is 2. The zero-order chi connectivity index (χ0) is 14.1. The van der Waals surface area contributed by atoms with Gasteiger partial charge in [0, 0.05) is 11.8 Å². The van der Waals surface area contributed by atoms with Crippen LogP contribution in [0, 0.1) is 0 Å². The normalized spacial score (nSPS) is 10.7. The average Bonchev–Trinajstić information content (AvgIpc) is 2.92. The third-order valence-corrected chi connectivity index (χ3v) is 3.58. The highest BCUT2D eigenvalue weighted by Gasteiger charge is 2.06. The molecule has 0 spiro atoms. The number of hydrogen-bond donors (Lipinski definition) is 2. The number of aromatic hydroxyl groups is 2. The van der Waals surface area contributed by atoms with Crippen LogP contribution in [-0.4, -0.2) is 20.0 Å². The maximum absolute atomic E-state index is 9.50. The molecule has 1 aromatic heterocycles. The highest BCUT2D eigenvalue weighted by atomic mass is 79.9. The zero-order valence-corrected chi connectivity index (χ0v) is 11.9. The Morgan fingerprint density at radius 1 is 0.950 bits per heavy atom. The first kappa shape index (κ1) is 12.7. The molecule has 0 aliphatic carbocycles. The van der Waals surface area contributed by atoms with Crippen molar-refractivity contribution in [1.82, 2.24) is 9.78 Å². The van der Waals surface area contributed by atoms with Gasteiger partial charge >= 0.3 is 0 Å². The van der Waals surface area contributed by atoms with Gasteiger partial charge in [0.25, 0.3) is 0 Å². The molecule has 0 unspecified atom stereocenters. The van der Waals surface area contributed by atoms with E-state index in [9.17, 15) is 10.2 Å². The summed E-state index contributed by atoms with van der Waals surface area (Å²) in [4.78, 5) is 0. The molecule has 1 heterocycles. The minimum atomic E-state index is 0.201. The minimum Gasteiger partial charge on any atom is -0.508 e. The van der Waals surface area contributed by atoms with Gasteiger partial charge in [0.2, 0.25) is 0 Å². The van der Waals surface area contributed by atoms with Crippen LogP contribution in [0.3, 0.4) is 0 Å². The van der Waals surface area contributed by atoms with Crippen molar-refractivity contribution in [3.05, 3.63) is 59.2 Å². The Kier molecular flexibility index (Phi) is 3.20. The van der Waals surface area contributed by atoms with Gasteiger partial charge in [0.15, 0.2) is 0 Å². The van der Waals surface area contributed by atoms with Crippen molar-refractivity contribution in [1.29, 1.82) is 0 Å². The average molecular weight is 331 g/mol. The van der Waals surface area contributed by atoms with E-state index in [4.69, 9.17) is 0 Å². The lowest BCUT2D eigenvalue weighted by atomic mass is 10.1. The number of benzene rings is 2. The Morgan fingerprint density at radius 2 is 1.70 bits per heavy atom. The quantitative estimate of drug-likeness (QED) is 0.753. The molecule has 0 saturated heterocycles. The Morgan fingerprint density at radius 3 is 2.40 bits per heavy atom. The maximum atomic E-state index is 9.50. The fraction of sp³-hybridized carbons (Fsp3) is 0. The van der Waals surface area contributed by atoms with E-state index in [0.717, 1.165) is 16.9 Å². The Balaban J connectivity index is 1.97. The molecule has 0 atom stereocenters.